The number of hydrogen-bond acceptors (Lipinski definition) is 3. The van der Waals surface area contributed by atoms with Crippen molar-refractivity contribution in [2.45, 2.75) is 20.8 Å². The highest BCUT2D eigenvalue weighted by Crippen LogP contribution is 2.30. The lowest BCUT2D eigenvalue weighted by atomic mass is 10.1. The molecule has 0 aliphatic heterocycles. The van der Waals surface area contributed by atoms with E-state index in [-0.39, 0.29) is 5.91 Å². The van der Waals surface area contributed by atoms with E-state index in [2.05, 4.69) is 10.3 Å². The molecule has 4 nitrogen and oxygen atoms in total. The van der Waals surface area contributed by atoms with Crippen LogP contribution in [0.25, 0.3) is 11.0 Å². The number of halogens is 1. The fourth-order valence-electron chi connectivity index (χ4n) is 2.33. The molecule has 0 unspecified atom stereocenters. The van der Waals surface area contributed by atoms with Gasteiger partial charge in [0.1, 0.15) is 5.58 Å². The molecule has 0 saturated carbocycles. The van der Waals surface area contributed by atoms with Gasteiger partial charge in [-0.25, -0.2) is 0 Å². The second-order valence-electron chi connectivity index (χ2n) is 5.30. The molecule has 2 aromatic heterocycles. The van der Waals surface area contributed by atoms with Crippen LogP contribution in [0.1, 0.15) is 27.2 Å². The Balaban J connectivity index is 2.01. The highest BCUT2D eigenvalue weighted by atomic mass is 35.5. The fourth-order valence-corrected chi connectivity index (χ4v) is 2.50. The molecule has 2 heterocycles. The maximum absolute atomic E-state index is 12.5. The number of aryl methyl sites for hydroxylation is 3. The molecule has 1 amide bonds. The van der Waals surface area contributed by atoms with Crippen molar-refractivity contribution in [1.29, 1.82) is 0 Å². The van der Waals surface area contributed by atoms with Crippen molar-refractivity contribution in [2.24, 2.45) is 0 Å². The number of fused-ring (bicyclic) bond motifs is 1. The van der Waals surface area contributed by atoms with Gasteiger partial charge in [0.2, 0.25) is 0 Å². The largest absolute Gasteiger partial charge is 0.451 e. The number of carbonyl (C=O) groups excluding carboxylic acids is 1. The third kappa shape index (κ3) is 2.46. The van der Waals surface area contributed by atoms with Gasteiger partial charge in [0.15, 0.2) is 5.76 Å². The van der Waals surface area contributed by atoms with Crippen molar-refractivity contribution in [3.63, 3.8) is 0 Å². The summed E-state index contributed by atoms with van der Waals surface area (Å²) in [5.41, 5.74) is 3.96. The first-order valence-corrected chi connectivity index (χ1v) is 7.26. The maximum atomic E-state index is 12.5. The van der Waals surface area contributed by atoms with E-state index in [4.69, 9.17) is 16.0 Å². The molecule has 0 aliphatic rings. The van der Waals surface area contributed by atoms with Crippen LogP contribution in [0.5, 0.6) is 0 Å². The summed E-state index contributed by atoms with van der Waals surface area (Å²) in [5, 5.41) is 4.34. The number of hydrogen-bond donors (Lipinski definition) is 1. The number of furan rings is 1. The molecule has 0 saturated heterocycles. The maximum Gasteiger partial charge on any atom is 0.291 e. The first-order valence-electron chi connectivity index (χ1n) is 6.88. The molecule has 1 N–H and O–H groups in total. The number of amides is 1. The van der Waals surface area contributed by atoms with Crippen LogP contribution >= 0.6 is 11.6 Å². The Labute approximate surface area is 133 Å². The van der Waals surface area contributed by atoms with Crippen LogP contribution in [0, 0.1) is 20.8 Å². The molecule has 3 rings (SSSR count). The number of anilines is 1. The van der Waals surface area contributed by atoms with Crippen molar-refractivity contribution in [1.82, 2.24) is 4.98 Å². The summed E-state index contributed by atoms with van der Waals surface area (Å²) >= 11 is 6.15. The van der Waals surface area contributed by atoms with E-state index in [1.165, 1.54) is 0 Å². The molecule has 1 aromatic carbocycles. The number of carbonyl (C=O) groups is 1. The van der Waals surface area contributed by atoms with E-state index < -0.39 is 0 Å². The molecule has 0 spiro atoms. The van der Waals surface area contributed by atoms with Crippen LogP contribution < -0.4 is 5.32 Å². The third-order valence-electron chi connectivity index (χ3n) is 3.71. The lowest BCUT2D eigenvalue weighted by Crippen LogP contribution is -2.13. The monoisotopic (exact) mass is 314 g/mol. The average molecular weight is 315 g/mol. The van der Waals surface area contributed by atoms with Crippen molar-refractivity contribution in [2.75, 3.05) is 5.32 Å². The number of pyridine rings is 1. The van der Waals surface area contributed by atoms with Crippen LogP contribution in [0.4, 0.5) is 5.69 Å². The lowest BCUT2D eigenvalue weighted by Gasteiger charge is -2.06. The predicted octanol–water partition coefficient (Wildman–Crippen LogP) is 4.66. The van der Waals surface area contributed by atoms with Crippen molar-refractivity contribution in [3.8, 4) is 0 Å². The molecule has 112 valence electrons. The normalized spacial score (nSPS) is 10.9. The zero-order chi connectivity index (χ0) is 15.9. The fraction of sp³-hybridized carbons (Fsp3) is 0.176. The summed E-state index contributed by atoms with van der Waals surface area (Å²) in [6, 6.07) is 5.51. The standard InChI is InChI=1S/C17H15ClN2O2/c1-9-4-5-19-8-14(9)20-17(21)16-11(3)12-7-13(18)10(2)6-15(12)22-16/h4-8H,1-3H3,(H,20,21). The second kappa shape index (κ2) is 5.46. The smallest absolute Gasteiger partial charge is 0.291 e. The van der Waals surface area contributed by atoms with Gasteiger partial charge < -0.3 is 9.73 Å². The Kier molecular flexibility index (Phi) is 3.62. The van der Waals surface area contributed by atoms with Gasteiger partial charge in [0.05, 0.1) is 11.9 Å². The van der Waals surface area contributed by atoms with Crippen molar-refractivity contribution < 1.29 is 9.21 Å². The van der Waals surface area contributed by atoms with E-state index in [0.717, 1.165) is 22.1 Å². The SMILES string of the molecule is Cc1cc2oc(C(=O)Nc3cnccc3C)c(C)c2cc1Cl. The Morgan fingerprint density at radius 2 is 2.00 bits per heavy atom. The second-order valence-corrected chi connectivity index (χ2v) is 5.71. The number of aromatic nitrogens is 1. The molecular formula is C17H15ClN2O2. The zero-order valence-electron chi connectivity index (χ0n) is 12.5. The number of nitrogens with one attached hydrogen (secondary N) is 1. The van der Waals surface area contributed by atoms with E-state index in [0.29, 0.717) is 22.1 Å². The Morgan fingerprint density at radius 1 is 1.23 bits per heavy atom. The van der Waals surface area contributed by atoms with Crippen LogP contribution in [-0.2, 0) is 0 Å². The number of nitrogens with zero attached hydrogens (tertiary/aromatic N) is 1. The quantitative estimate of drug-likeness (QED) is 0.748. The Bertz CT molecular complexity index is 884. The summed E-state index contributed by atoms with van der Waals surface area (Å²) in [4.78, 5) is 16.5. The zero-order valence-corrected chi connectivity index (χ0v) is 13.3. The van der Waals surface area contributed by atoms with Gasteiger partial charge in [-0.15, -0.1) is 0 Å². The molecule has 3 aromatic rings. The summed E-state index contributed by atoms with van der Waals surface area (Å²) < 4.78 is 5.72. The van der Waals surface area contributed by atoms with E-state index >= 15 is 0 Å². The van der Waals surface area contributed by atoms with Gasteiger partial charge in [-0.05, 0) is 50.1 Å². The van der Waals surface area contributed by atoms with E-state index in [1.54, 1.807) is 12.4 Å². The van der Waals surface area contributed by atoms with E-state index in [1.807, 2.05) is 39.0 Å². The van der Waals surface area contributed by atoms with Gasteiger partial charge in [0, 0.05) is 22.2 Å². The molecule has 5 heteroatoms. The van der Waals surface area contributed by atoms with Crippen LogP contribution in [-0.4, -0.2) is 10.9 Å². The summed E-state index contributed by atoms with van der Waals surface area (Å²) in [7, 11) is 0. The minimum atomic E-state index is -0.293. The number of rotatable bonds is 2. The molecular weight excluding hydrogens is 300 g/mol. The van der Waals surface area contributed by atoms with Gasteiger partial charge in [-0.1, -0.05) is 11.6 Å². The first kappa shape index (κ1) is 14.6. The first-order chi connectivity index (χ1) is 10.5. The van der Waals surface area contributed by atoms with Gasteiger partial charge in [-0.2, -0.15) is 0 Å². The Hall–Kier alpha value is -2.33. The Morgan fingerprint density at radius 3 is 2.73 bits per heavy atom. The lowest BCUT2D eigenvalue weighted by molar-refractivity contribution is 0.0998. The van der Waals surface area contributed by atoms with Crippen molar-refractivity contribution in [3.05, 3.63) is 58.1 Å². The summed E-state index contributed by atoms with van der Waals surface area (Å²) in [5.74, 6) is -0.00139. The molecule has 22 heavy (non-hydrogen) atoms. The van der Waals surface area contributed by atoms with E-state index in [9.17, 15) is 4.79 Å². The van der Waals surface area contributed by atoms with Crippen LogP contribution in [0.15, 0.2) is 35.0 Å². The van der Waals surface area contributed by atoms with Crippen LogP contribution in [0.3, 0.4) is 0 Å². The van der Waals surface area contributed by atoms with Crippen LogP contribution in [0.2, 0.25) is 5.02 Å². The molecule has 0 bridgehead atoms. The minimum Gasteiger partial charge on any atom is -0.451 e. The van der Waals surface area contributed by atoms with Gasteiger partial charge in [-0.3, -0.25) is 9.78 Å². The topological polar surface area (TPSA) is 55.1 Å². The third-order valence-corrected chi connectivity index (χ3v) is 4.12. The predicted molar refractivity (Wildman–Crippen MR) is 87.6 cm³/mol. The summed E-state index contributed by atoms with van der Waals surface area (Å²) in [6.45, 7) is 5.66. The number of benzene rings is 1. The van der Waals surface area contributed by atoms with Gasteiger partial charge >= 0.3 is 0 Å². The molecule has 0 atom stereocenters. The van der Waals surface area contributed by atoms with Gasteiger partial charge in [0.25, 0.3) is 5.91 Å². The van der Waals surface area contributed by atoms with Crippen molar-refractivity contribution >= 4 is 34.2 Å². The molecule has 0 radical (unpaired) electrons. The molecule has 0 fully saturated rings. The molecule has 0 aliphatic carbocycles. The summed E-state index contributed by atoms with van der Waals surface area (Å²) in [6.07, 6.45) is 3.30. The average Bonchev–Trinajstić information content (AvgIpc) is 2.79. The minimum absolute atomic E-state index is 0.292. The highest BCUT2D eigenvalue weighted by Gasteiger charge is 2.19. The highest BCUT2D eigenvalue weighted by molar-refractivity contribution is 6.32.